The van der Waals surface area contributed by atoms with E-state index in [-0.39, 0.29) is 5.41 Å². The summed E-state index contributed by atoms with van der Waals surface area (Å²) < 4.78 is 2.82. The molecule has 3 nitrogen and oxygen atoms in total. The minimum Gasteiger partial charge on any atom is -0.384 e. The standard InChI is InChI=1S/C12H19BrN2O/c1-4-15-10(9(13)7-14-15)12(16)6-5-11(2,3)8-12/h7,16H,4-6,8H2,1-3H3. The molecule has 0 aromatic carbocycles. The molecule has 1 aromatic rings. The molecule has 2 rings (SSSR count). The molecule has 1 unspecified atom stereocenters. The van der Waals surface area contributed by atoms with Gasteiger partial charge >= 0.3 is 0 Å². The van der Waals surface area contributed by atoms with Gasteiger partial charge in [-0.3, -0.25) is 4.68 Å². The Bertz CT molecular complexity index is 400. The van der Waals surface area contributed by atoms with Crippen molar-refractivity contribution in [1.82, 2.24) is 9.78 Å². The third-order valence-electron chi connectivity index (χ3n) is 3.52. The highest BCUT2D eigenvalue weighted by molar-refractivity contribution is 9.10. The molecular formula is C12H19BrN2O. The lowest BCUT2D eigenvalue weighted by atomic mass is 9.88. The van der Waals surface area contributed by atoms with Crippen LogP contribution in [0.1, 0.15) is 45.7 Å². The summed E-state index contributed by atoms with van der Waals surface area (Å²) in [5.41, 5.74) is 0.451. The molecule has 1 N–H and O–H groups in total. The Labute approximate surface area is 105 Å². The van der Waals surface area contributed by atoms with Crippen LogP contribution >= 0.6 is 15.9 Å². The normalized spacial score (nSPS) is 28.6. The lowest BCUT2D eigenvalue weighted by Crippen LogP contribution is -2.27. The van der Waals surface area contributed by atoms with E-state index in [9.17, 15) is 5.11 Å². The van der Waals surface area contributed by atoms with Gasteiger partial charge in [-0.1, -0.05) is 13.8 Å². The molecular weight excluding hydrogens is 268 g/mol. The summed E-state index contributed by atoms with van der Waals surface area (Å²) >= 11 is 3.50. The number of aliphatic hydroxyl groups is 1. The Kier molecular flexibility index (Phi) is 2.91. The average molecular weight is 287 g/mol. The number of hydrogen-bond acceptors (Lipinski definition) is 2. The van der Waals surface area contributed by atoms with Crippen molar-refractivity contribution < 1.29 is 5.11 Å². The van der Waals surface area contributed by atoms with Crippen LogP contribution in [0.15, 0.2) is 10.7 Å². The molecule has 1 fully saturated rings. The second-order valence-electron chi connectivity index (χ2n) is 5.53. The molecule has 1 aromatic heterocycles. The summed E-state index contributed by atoms with van der Waals surface area (Å²) in [6.45, 7) is 7.27. The molecule has 0 aliphatic heterocycles. The first kappa shape index (κ1) is 12.1. The Morgan fingerprint density at radius 2 is 2.19 bits per heavy atom. The summed E-state index contributed by atoms with van der Waals surface area (Å²) in [7, 11) is 0. The van der Waals surface area contributed by atoms with Crippen molar-refractivity contribution in [2.75, 3.05) is 0 Å². The van der Waals surface area contributed by atoms with E-state index in [0.717, 1.165) is 36.0 Å². The third-order valence-corrected chi connectivity index (χ3v) is 4.10. The first-order valence-corrected chi connectivity index (χ1v) is 6.61. The summed E-state index contributed by atoms with van der Waals surface area (Å²) in [6, 6.07) is 0. The Morgan fingerprint density at radius 1 is 1.50 bits per heavy atom. The van der Waals surface area contributed by atoms with Crippen LogP contribution in [0.3, 0.4) is 0 Å². The van der Waals surface area contributed by atoms with E-state index in [1.54, 1.807) is 6.20 Å². The zero-order chi connectivity index (χ0) is 12.0. The van der Waals surface area contributed by atoms with Crippen LogP contribution in [0.5, 0.6) is 0 Å². The van der Waals surface area contributed by atoms with Gasteiger partial charge in [0.15, 0.2) is 0 Å². The lowest BCUT2D eigenvalue weighted by Gasteiger charge is -2.26. The van der Waals surface area contributed by atoms with Crippen LogP contribution in [0.25, 0.3) is 0 Å². The van der Waals surface area contributed by atoms with Gasteiger partial charge in [0.1, 0.15) is 5.60 Å². The Morgan fingerprint density at radius 3 is 2.69 bits per heavy atom. The van der Waals surface area contributed by atoms with Crippen molar-refractivity contribution in [3.63, 3.8) is 0 Å². The minimum atomic E-state index is -0.713. The first-order chi connectivity index (χ1) is 7.38. The van der Waals surface area contributed by atoms with Gasteiger partial charge in [0.05, 0.1) is 16.4 Å². The van der Waals surface area contributed by atoms with E-state index in [2.05, 4.69) is 34.9 Å². The van der Waals surface area contributed by atoms with Gasteiger partial charge in [-0.2, -0.15) is 5.10 Å². The molecule has 0 radical (unpaired) electrons. The van der Waals surface area contributed by atoms with Crippen LogP contribution in [0, 0.1) is 5.41 Å². The highest BCUT2D eigenvalue weighted by Crippen LogP contribution is 2.50. The van der Waals surface area contributed by atoms with Crippen molar-refractivity contribution in [2.45, 2.75) is 52.2 Å². The van der Waals surface area contributed by atoms with Crippen LogP contribution in [0.4, 0.5) is 0 Å². The minimum absolute atomic E-state index is 0.219. The van der Waals surface area contributed by atoms with Crippen molar-refractivity contribution >= 4 is 15.9 Å². The van der Waals surface area contributed by atoms with Gasteiger partial charge in [0, 0.05) is 6.54 Å². The summed E-state index contributed by atoms with van der Waals surface area (Å²) in [5, 5.41) is 15.1. The van der Waals surface area contributed by atoms with E-state index in [1.807, 2.05) is 11.6 Å². The maximum Gasteiger partial charge on any atom is 0.108 e. The second kappa shape index (κ2) is 3.84. The maximum absolute atomic E-state index is 10.8. The van der Waals surface area contributed by atoms with Gasteiger partial charge in [-0.25, -0.2) is 0 Å². The topological polar surface area (TPSA) is 38.0 Å². The highest BCUT2D eigenvalue weighted by Gasteiger charge is 2.45. The molecule has 1 aliphatic rings. The summed E-state index contributed by atoms with van der Waals surface area (Å²) in [4.78, 5) is 0. The van der Waals surface area contributed by atoms with Gasteiger partial charge < -0.3 is 5.11 Å². The fraction of sp³-hybridized carbons (Fsp3) is 0.750. The van der Waals surface area contributed by atoms with Crippen molar-refractivity contribution in [3.05, 3.63) is 16.4 Å². The molecule has 1 atom stereocenters. The molecule has 0 saturated heterocycles. The predicted octanol–water partition coefficient (Wildman–Crippen LogP) is 3.06. The fourth-order valence-electron chi connectivity index (χ4n) is 2.78. The van der Waals surface area contributed by atoms with Crippen LogP contribution in [0.2, 0.25) is 0 Å². The van der Waals surface area contributed by atoms with E-state index < -0.39 is 5.60 Å². The SMILES string of the molecule is CCn1ncc(Br)c1C1(O)CCC(C)(C)C1. The van der Waals surface area contributed by atoms with E-state index in [0.29, 0.717) is 0 Å². The Balaban J connectivity index is 2.40. The van der Waals surface area contributed by atoms with Gasteiger partial charge in [0.25, 0.3) is 0 Å². The number of hydrogen-bond donors (Lipinski definition) is 1. The zero-order valence-electron chi connectivity index (χ0n) is 10.1. The summed E-state index contributed by atoms with van der Waals surface area (Å²) in [5.74, 6) is 0. The lowest BCUT2D eigenvalue weighted by molar-refractivity contribution is 0.0242. The highest BCUT2D eigenvalue weighted by atomic mass is 79.9. The molecule has 90 valence electrons. The average Bonchev–Trinajstić information content (AvgIpc) is 2.68. The van der Waals surface area contributed by atoms with Crippen LogP contribution < -0.4 is 0 Å². The second-order valence-corrected chi connectivity index (χ2v) is 6.38. The molecule has 1 saturated carbocycles. The molecule has 0 bridgehead atoms. The van der Waals surface area contributed by atoms with E-state index >= 15 is 0 Å². The van der Waals surface area contributed by atoms with Gasteiger partial charge in [0.2, 0.25) is 0 Å². The zero-order valence-corrected chi connectivity index (χ0v) is 11.7. The van der Waals surface area contributed by atoms with E-state index in [4.69, 9.17) is 0 Å². The van der Waals surface area contributed by atoms with E-state index in [1.165, 1.54) is 0 Å². The van der Waals surface area contributed by atoms with Gasteiger partial charge in [-0.15, -0.1) is 0 Å². The molecule has 4 heteroatoms. The number of nitrogens with zero attached hydrogens (tertiary/aromatic N) is 2. The molecule has 0 spiro atoms. The maximum atomic E-state index is 10.8. The molecule has 16 heavy (non-hydrogen) atoms. The first-order valence-electron chi connectivity index (χ1n) is 5.82. The third kappa shape index (κ3) is 1.93. The largest absolute Gasteiger partial charge is 0.384 e. The fourth-order valence-corrected chi connectivity index (χ4v) is 3.45. The number of halogens is 1. The Hall–Kier alpha value is -0.350. The van der Waals surface area contributed by atoms with Crippen molar-refractivity contribution in [1.29, 1.82) is 0 Å². The summed E-state index contributed by atoms with van der Waals surface area (Å²) in [6.07, 6.45) is 4.47. The molecule has 1 heterocycles. The van der Waals surface area contributed by atoms with Crippen LogP contribution in [-0.2, 0) is 12.1 Å². The van der Waals surface area contributed by atoms with Crippen LogP contribution in [-0.4, -0.2) is 14.9 Å². The quantitative estimate of drug-likeness (QED) is 0.907. The number of rotatable bonds is 2. The monoisotopic (exact) mass is 286 g/mol. The smallest absolute Gasteiger partial charge is 0.108 e. The van der Waals surface area contributed by atoms with Crippen molar-refractivity contribution in [2.24, 2.45) is 5.41 Å². The van der Waals surface area contributed by atoms with Gasteiger partial charge in [-0.05, 0) is 47.5 Å². The molecule has 1 aliphatic carbocycles. The van der Waals surface area contributed by atoms with Crippen molar-refractivity contribution in [3.8, 4) is 0 Å². The number of aromatic nitrogens is 2. The number of aryl methyl sites for hydroxylation is 1. The predicted molar refractivity (Wildman–Crippen MR) is 67.1 cm³/mol. The molecule has 0 amide bonds.